The van der Waals surface area contributed by atoms with Crippen molar-refractivity contribution in [3.05, 3.63) is 83.3 Å². The zero-order valence-electron chi connectivity index (χ0n) is 14.3. The van der Waals surface area contributed by atoms with Crippen molar-refractivity contribution in [2.75, 3.05) is 5.01 Å². The van der Waals surface area contributed by atoms with Gasteiger partial charge in [-0.15, -0.1) is 0 Å². The third-order valence-electron chi connectivity index (χ3n) is 3.83. The monoisotopic (exact) mass is 419 g/mol. The summed E-state index contributed by atoms with van der Waals surface area (Å²) in [5.41, 5.74) is -0.493. The molecular weight excluding hydrogens is 410 g/mol. The van der Waals surface area contributed by atoms with Crippen molar-refractivity contribution in [2.24, 2.45) is 5.10 Å². The van der Waals surface area contributed by atoms with Crippen LogP contribution in [0.25, 0.3) is 10.2 Å². The summed E-state index contributed by atoms with van der Waals surface area (Å²) in [7, 11) is 0. The zero-order valence-corrected chi connectivity index (χ0v) is 15.1. The first-order chi connectivity index (χ1) is 14.0. The maximum absolute atomic E-state index is 14.2. The number of fused-ring (bicyclic) bond motifs is 1. The van der Waals surface area contributed by atoms with E-state index in [1.165, 1.54) is 6.26 Å². The molecule has 0 radical (unpaired) electrons. The Kier molecular flexibility index (Phi) is 4.85. The van der Waals surface area contributed by atoms with Crippen molar-refractivity contribution in [3.8, 4) is 0 Å². The fourth-order valence-electron chi connectivity index (χ4n) is 2.46. The SMILES string of the molecule is O=C(c1cc(F)c(F)c(F)c1F)N(N=Cc1ccco1)c1nc2ccccc2s1. The molecule has 2 aromatic heterocycles. The highest BCUT2D eigenvalue weighted by atomic mass is 32.1. The minimum Gasteiger partial charge on any atom is -0.463 e. The van der Waals surface area contributed by atoms with Crippen LogP contribution >= 0.6 is 11.3 Å². The van der Waals surface area contributed by atoms with E-state index in [9.17, 15) is 22.4 Å². The molecule has 1 amide bonds. The molecule has 0 fully saturated rings. The molecule has 0 atom stereocenters. The minimum atomic E-state index is -2.09. The number of benzene rings is 2. The smallest absolute Gasteiger partial charge is 0.284 e. The summed E-state index contributed by atoms with van der Waals surface area (Å²) in [6.07, 6.45) is 2.52. The summed E-state index contributed by atoms with van der Waals surface area (Å²) >= 11 is 1.05. The van der Waals surface area contributed by atoms with E-state index in [0.29, 0.717) is 15.2 Å². The lowest BCUT2D eigenvalue weighted by atomic mass is 10.1. The number of nitrogens with zero attached hydrogens (tertiary/aromatic N) is 3. The van der Waals surface area contributed by atoms with Gasteiger partial charge in [0.15, 0.2) is 23.3 Å². The molecule has 0 aliphatic carbocycles. The third kappa shape index (κ3) is 3.49. The molecule has 10 heteroatoms. The predicted octanol–water partition coefficient (Wildman–Crippen LogP) is 5.13. The van der Waals surface area contributed by atoms with Crippen molar-refractivity contribution in [1.29, 1.82) is 0 Å². The molecule has 0 bridgehead atoms. The van der Waals surface area contributed by atoms with Crippen LogP contribution in [0, 0.1) is 23.3 Å². The Labute approximate surface area is 164 Å². The fourth-order valence-corrected chi connectivity index (χ4v) is 3.38. The predicted molar refractivity (Wildman–Crippen MR) is 99.0 cm³/mol. The van der Waals surface area contributed by atoms with Crippen LogP contribution in [-0.4, -0.2) is 17.1 Å². The average Bonchev–Trinajstić information content (AvgIpc) is 3.38. The molecule has 0 spiro atoms. The summed E-state index contributed by atoms with van der Waals surface area (Å²) in [6, 6.07) is 10.3. The molecule has 4 rings (SSSR count). The summed E-state index contributed by atoms with van der Waals surface area (Å²) in [4.78, 5) is 17.1. The number of carbonyl (C=O) groups is 1. The van der Waals surface area contributed by atoms with Gasteiger partial charge in [0.2, 0.25) is 5.13 Å². The number of rotatable bonds is 4. The van der Waals surface area contributed by atoms with Crippen LogP contribution in [0.15, 0.2) is 58.2 Å². The molecule has 29 heavy (non-hydrogen) atoms. The summed E-state index contributed by atoms with van der Waals surface area (Å²) < 4.78 is 60.5. The average molecular weight is 419 g/mol. The van der Waals surface area contributed by atoms with Crippen LogP contribution < -0.4 is 5.01 Å². The standard InChI is InChI=1S/C19H9F4N3O2S/c20-12-8-11(15(21)17(23)16(12)22)18(27)26(24-9-10-4-3-7-28-10)19-25-13-5-1-2-6-14(13)29-19/h1-9H. The number of hydrogen-bond acceptors (Lipinski definition) is 5. The number of hydrogen-bond donors (Lipinski definition) is 0. The number of anilines is 1. The molecule has 2 aromatic carbocycles. The van der Waals surface area contributed by atoms with Gasteiger partial charge < -0.3 is 4.42 Å². The molecule has 2 heterocycles. The van der Waals surface area contributed by atoms with Gasteiger partial charge in [0.25, 0.3) is 5.91 Å². The third-order valence-corrected chi connectivity index (χ3v) is 4.84. The van der Waals surface area contributed by atoms with E-state index in [0.717, 1.165) is 17.6 Å². The van der Waals surface area contributed by atoms with Crippen LogP contribution in [-0.2, 0) is 0 Å². The van der Waals surface area contributed by atoms with Crippen LogP contribution in [0.3, 0.4) is 0 Å². The highest BCUT2D eigenvalue weighted by Gasteiger charge is 2.28. The van der Waals surface area contributed by atoms with Gasteiger partial charge in [-0.05, 0) is 30.3 Å². The number of amides is 1. The Morgan fingerprint density at radius 3 is 2.59 bits per heavy atom. The van der Waals surface area contributed by atoms with Crippen LogP contribution in [0.5, 0.6) is 0 Å². The molecule has 0 aliphatic rings. The lowest BCUT2D eigenvalue weighted by Crippen LogP contribution is -2.27. The second-order valence-corrected chi connectivity index (χ2v) is 6.70. The van der Waals surface area contributed by atoms with Crippen LogP contribution in [0.2, 0.25) is 0 Å². The summed E-state index contributed by atoms with van der Waals surface area (Å²) in [6.45, 7) is 0. The van der Waals surface area contributed by atoms with Crippen molar-refractivity contribution in [3.63, 3.8) is 0 Å². The van der Waals surface area contributed by atoms with E-state index in [2.05, 4.69) is 10.1 Å². The number of aromatic nitrogens is 1. The van der Waals surface area contributed by atoms with Gasteiger partial charge in [-0.25, -0.2) is 22.5 Å². The molecule has 0 aliphatic heterocycles. The van der Waals surface area contributed by atoms with Crippen molar-refractivity contribution in [1.82, 2.24) is 4.98 Å². The molecule has 4 aromatic rings. The molecule has 5 nitrogen and oxygen atoms in total. The van der Waals surface area contributed by atoms with Gasteiger partial charge in [0.05, 0.1) is 28.3 Å². The van der Waals surface area contributed by atoms with Gasteiger partial charge >= 0.3 is 0 Å². The van der Waals surface area contributed by atoms with Gasteiger partial charge in [0.1, 0.15) is 5.76 Å². The van der Waals surface area contributed by atoms with E-state index in [1.54, 1.807) is 36.4 Å². The maximum atomic E-state index is 14.2. The number of halogens is 4. The van der Waals surface area contributed by atoms with E-state index >= 15 is 0 Å². The fraction of sp³-hybridized carbons (Fsp3) is 0. The van der Waals surface area contributed by atoms with Crippen molar-refractivity contribution < 1.29 is 26.8 Å². The number of hydrazone groups is 1. The number of furan rings is 1. The molecule has 0 saturated carbocycles. The van der Waals surface area contributed by atoms with Crippen molar-refractivity contribution in [2.45, 2.75) is 0 Å². The summed E-state index contributed by atoms with van der Waals surface area (Å²) in [5, 5.41) is 4.62. The summed E-state index contributed by atoms with van der Waals surface area (Å²) in [5.74, 6) is -8.60. The Morgan fingerprint density at radius 1 is 1.07 bits per heavy atom. The van der Waals surface area contributed by atoms with Gasteiger partial charge in [-0.2, -0.15) is 10.1 Å². The van der Waals surface area contributed by atoms with E-state index < -0.39 is 34.7 Å². The topological polar surface area (TPSA) is 58.7 Å². The second-order valence-electron chi connectivity index (χ2n) is 5.69. The van der Waals surface area contributed by atoms with E-state index in [1.807, 2.05) is 0 Å². The van der Waals surface area contributed by atoms with Gasteiger partial charge in [-0.3, -0.25) is 4.79 Å². The Morgan fingerprint density at radius 2 is 1.86 bits per heavy atom. The molecular formula is C19H9F4N3O2S. The first-order valence-corrected chi connectivity index (χ1v) is 8.88. The Bertz CT molecular complexity index is 1200. The normalized spacial score (nSPS) is 11.4. The Hall–Kier alpha value is -3.53. The number of para-hydroxylation sites is 1. The highest BCUT2D eigenvalue weighted by Crippen LogP contribution is 2.31. The van der Waals surface area contributed by atoms with Crippen LogP contribution in [0.4, 0.5) is 22.7 Å². The number of carbonyl (C=O) groups excluding carboxylic acids is 1. The second kappa shape index (κ2) is 7.47. The minimum absolute atomic E-state index is 0.0172. The molecule has 146 valence electrons. The largest absolute Gasteiger partial charge is 0.463 e. The van der Waals surface area contributed by atoms with E-state index in [-0.39, 0.29) is 17.0 Å². The lowest BCUT2D eigenvalue weighted by Gasteiger charge is -2.14. The number of thiazole rings is 1. The molecule has 0 saturated heterocycles. The molecule has 0 N–H and O–H groups in total. The first-order valence-electron chi connectivity index (χ1n) is 8.06. The quantitative estimate of drug-likeness (QED) is 0.152. The van der Waals surface area contributed by atoms with Crippen LogP contribution in [0.1, 0.15) is 16.1 Å². The maximum Gasteiger partial charge on any atom is 0.284 e. The Balaban J connectivity index is 1.83. The van der Waals surface area contributed by atoms with E-state index in [4.69, 9.17) is 4.42 Å². The zero-order chi connectivity index (χ0) is 20.5. The van der Waals surface area contributed by atoms with Crippen molar-refractivity contribution >= 4 is 38.8 Å². The van der Waals surface area contributed by atoms with Gasteiger partial charge in [0, 0.05) is 0 Å². The highest BCUT2D eigenvalue weighted by molar-refractivity contribution is 7.22. The van der Waals surface area contributed by atoms with Gasteiger partial charge in [-0.1, -0.05) is 23.5 Å². The lowest BCUT2D eigenvalue weighted by molar-refractivity contribution is 0.0982. The first kappa shape index (κ1) is 18.8. The molecule has 0 unspecified atom stereocenters.